The molecule has 0 aliphatic carbocycles. The molecule has 1 saturated heterocycles. The van der Waals surface area contributed by atoms with Gasteiger partial charge in [0.15, 0.2) is 0 Å². The van der Waals surface area contributed by atoms with Crippen molar-refractivity contribution in [3.05, 3.63) is 29.3 Å². The molecule has 1 aromatic rings. The number of hydrogen-bond acceptors (Lipinski definition) is 4. The van der Waals surface area contributed by atoms with Crippen LogP contribution >= 0.6 is 12.4 Å². The molecule has 0 radical (unpaired) electrons. The highest BCUT2D eigenvalue weighted by molar-refractivity contribution is 7.89. The van der Waals surface area contributed by atoms with Gasteiger partial charge in [-0.25, -0.2) is 13.1 Å². The average molecular weight is 360 g/mol. The van der Waals surface area contributed by atoms with Gasteiger partial charge in [-0.1, -0.05) is 13.0 Å². The molecule has 6 nitrogen and oxygen atoms in total. The molecule has 0 spiro atoms. The Kier molecular flexibility index (Phi) is 5.67. The van der Waals surface area contributed by atoms with Crippen LogP contribution in [0.4, 0.5) is 0 Å². The van der Waals surface area contributed by atoms with E-state index in [4.69, 9.17) is 0 Å². The fourth-order valence-electron chi connectivity index (χ4n) is 2.97. The molecule has 3 rings (SSSR count). The molecular weight excluding hydrogens is 338 g/mol. The van der Waals surface area contributed by atoms with Gasteiger partial charge in [0.1, 0.15) is 0 Å². The summed E-state index contributed by atoms with van der Waals surface area (Å²) in [6.07, 6.45) is 1.68. The molecule has 0 saturated carbocycles. The van der Waals surface area contributed by atoms with Crippen LogP contribution < -0.4 is 15.4 Å². The molecule has 2 aliphatic rings. The second-order valence-corrected chi connectivity index (χ2v) is 7.74. The number of piperidine rings is 1. The van der Waals surface area contributed by atoms with E-state index in [2.05, 4.69) is 15.4 Å². The van der Waals surface area contributed by atoms with Gasteiger partial charge in [0.2, 0.25) is 10.0 Å². The second-order valence-electron chi connectivity index (χ2n) is 6.02. The highest BCUT2D eigenvalue weighted by Gasteiger charge is 2.28. The van der Waals surface area contributed by atoms with E-state index in [0.29, 0.717) is 18.7 Å². The van der Waals surface area contributed by atoms with Crippen molar-refractivity contribution in [3.8, 4) is 0 Å². The predicted molar refractivity (Wildman–Crippen MR) is 90.5 cm³/mol. The third kappa shape index (κ3) is 3.85. The SMILES string of the molecule is CC1CCNCC1NS(=O)(=O)c1ccc2c(c1)C(=O)NCC2.Cl. The van der Waals surface area contributed by atoms with Gasteiger partial charge in [0, 0.05) is 24.7 Å². The fourth-order valence-corrected chi connectivity index (χ4v) is 4.34. The van der Waals surface area contributed by atoms with Crippen molar-refractivity contribution in [2.24, 2.45) is 5.92 Å². The molecule has 8 heteroatoms. The zero-order valence-electron chi connectivity index (χ0n) is 13.0. The third-order valence-corrected chi connectivity index (χ3v) is 5.94. The van der Waals surface area contributed by atoms with Crippen LogP contribution in [0.5, 0.6) is 0 Å². The van der Waals surface area contributed by atoms with Crippen LogP contribution in [-0.4, -0.2) is 40.0 Å². The van der Waals surface area contributed by atoms with Crippen molar-refractivity contribution in [1.29, 1.82) is 0 Å². The van der Waals surface area contributed by atoms with Crippen molar-refractivity contribution in [2.45, 2.75) is 30.7 Å². The average Bonchev–Trinajstić information content (AvgIpc) is 2.49. The van der Waals surface area contributed by atoms with E-state index in [1.54, 1.807) is 12.1 Å². The van der Waals surface area contributed by atoms with Crippen LogP contribution in [0.15, 0.2) is 23.1 Å². The van der Waals surface area contributed by atoms with Crippen LogP contribution in [0.3, 0.4) is 0 Å². The number of halogens is 1. The normalized spacial score (nSPS) is 24.3. The lowest BCUT2D eigenvalue weighted by atomic mass is 9.96. The number of carbonyl (C=O) groups excluding carboxylic acids is 1. The molecule has 1 aromatic carbocycles. The summed E-state index contributed by atoms with van der Waals surface area (Å²) in [5.41, 5.74) is 1.36. The Bertz CT molecular complexity index is 693. The Labute approximate surface area is 142 Å². The van der Waals surface area contributed by atoms with E-state index in [9.17, 15) is 13.2 Å². The van der Waals surface area contributed by atoms with Gasteiger partial charge in [-0.15, -0.1) is 12.4 Å². The quantitative estimate of drug-likeness (QED) is 0.740. The summed E-state index contributed by atoms with van der Waals surface area (Å²) in [5.74, 6) is 0.0861. The van der Waals surface area contributed by atoms with E-state index >= 15 is 0 Å². The summed E-state index contributed by atoms with van der Waals surface area (Å²) in [7, 11) is -3.62. The lowest BCUT2D eigenvalue weighted by Gasteiger charge is -2.30. The Morgan fingerprint density at radius 1 is 1.26 bits per heavy atom. The second kappa shape index (κ2) is 7.17. The molecule has 2 unspecified atom stereocenters. The van der Waals surface area contributed by atoms with Crippen molar-refractivity contribution in [1.82, 2.24) is 15.4 Å². The molecule has 1 fully saturated rings. The molecule has 1 amide bonds. The first-order valence-electron chi connectivity index (χ1n) is 7.61. The van der Waals surface area contributed by atoms with Crippen molar-refractivity contribution in [2.75, 3.05) is 19.6 Å². The summed E-state index contributed by atoms with van der Waals surface area (Å²) >= 11 is 0. The molecule has 2 aliphatic heterocycles. The van der Waals surface area contributed by atoms with E-state index in [1.807, 2.05) is 6.92 Å². The zero-order chi connectivity index (χ0) is 15.7. The number of fused-ring (bicyclic) bond motifs is 1. The molecule has 128 valence electrons. The third-order valence-electron chi connectivity index (χ3n) is 4.45. The molecule has 23 heavy (non-hydrogen) atoms. The van der Waals surface area contributed by atoms with Gasteiger partial charge < -0.3 is 10.6 Å². The van der Waals surface area contributed by atoms with E-state index < -0.39 is 10.0 Å². The number of benzene rings is 1. The minimum absolute atomic E-state index is 0. The van der Waals surface area contributed by atoms with Crippen LogP contribution in [0.1, 0.15) is 29.3 Å². The van der Waals surface area contributed by atoms with Gasteiger partial charge in [0.05, 0.1) is 4.90 Å². The zero-order valence-corrected chi connectivity index (χ0v) is 14.6. The first-order chi connectivity index (χ1) is 10.5. The summed E-state index contributed by atoms with van der Waals surface area (Å²) in [6, 6.07) is 4.68. The van der Waals surface area contributed by atoms with Crippen molar-refractivity contribution in [3.63, 3.8) is 0 Å². The predicted octanol–water partition coefficient (Wildman–Crippen LogP) is 0.671. The molecule has 3 N–H and O–H groups in total. The minimum Gasteiger partial charge on any atom is -0.352 e. The van der Waals surface area contributed by atoms with Gasteiger partial charge in [-0.05, 0) is 43.0 Å². The van der Waals surface area contributed by atoms with E-state index in [-0.39, 0.29) is 35.2 Å². The number of carbonyl (C=O) groups is 1. The number of amides is 1. The summed E-state index contributed by atoms with van der Waals surface area (Å²) in [6.45, 7) is 4.19. The molecule has 0 aromatic heterocycles. The Balaban J connectivity index is 0.00000192. The summed E-state index contributed by atoms with van der Waals surface area (Å²) in [4.78, 5) is 12.0. The molecule has 2 atom stereocenters. The monoisotopic (exact) mass is 359 g/mol. The lowest BCUT2D eigenvalue weighted by molar-refractivity contribution is 0.0945. The van der Waals surface area contributed by atoms with Crippen LogP contribution in [0, 0.1) is 5.92 Å². The highest BCUT2D eigenvalue weighted by atomic mass is 35.5. The van der Waals surface area contributed by atoms with E-state index in [1.165, 1.54) is 6.07 Å². The first-order valence-corrected chi connectivity index (χ1v) is 9.10. The summed E-state index contributed by atoms with van der Waals surface area (Å²) < 4.78 is 27.9. The Morgan fingerprint density at radius 2 is 2.04 bits per heavy atom. The Morgan fingerprint density at radius 3 is 2.78 bits per heavy atom. The van der Waals surface area contributed by atoms with Crippen LogP contribution in [-0.2, 0) is 16.4 Å². The number of hydrogen-bond donors (Lipinski definition) is 3. The minimum atomic E-state index is -3.62. The topological polar surface area (TPSA) is 87.3 Å². The molecular formula is C15H22ClN3O3S. The highest BCUT2D eigenvalue weighted by Crippen LogP contribution is 2.20. The smallest absolute Gasteiger partial charge is 0.251 e. The maximum absolute atomic E-state index is 12.6. The maximum atomic E-state index is 12.6. The van der Waals surface area contributed by atoms with Crippen LogP contribution in [0.2, 0.25) is 0 Å². The van der Waals surface area contributed by atoms with Crippen LogP contribution in [0.25, 0.3) is 0 Å². The van der Waals surface area contributed by atoms with Gasteiger partial charge >= 0.3 is 0 Å². The fraction of sp³-hybridized carbons (Fsp3) is 0.533. The maximum Gasteiger partial charge on any atom is 0.251 e. The largest absolute Gasteiger partial charge is 0.352 e. The molecule has 0 bridgehead atoms. The van der Waals surface area contributed by atoms with Gasteiger partial charge in [-0.3, -0.25) is 4.79 Å². The summed E-state index contributed by atoms with van der Waals surface area (Å²) in [5, 5.41) is 5.95. The van der Waals surface area contributed by atoms with Gasteiger partial charge in [-0.2, -0.15) is 0 Å². The van der Waals surface area contributed by atoms with Crippen molar-refractivity contribution >= 4 is 28.3 Å². The molecule has 2 heterocycles. The Hall–Kier alpha value is -1.15. The van der Waals surface area contributed by atoms with Gasteiger partial charge in [0.25, 0.3) is 5.91 Å². The van der Waals surface area contributed by atoms with E-state index in [0.717, 1.165) is 24.9 Å². The standard InChI is InChI=1S/C15H21N3O3S.ClH/c1-10-4-6-16-9-14(10)18-22(20,21)12-3-2-11-5-7-17-15(19)13(11)8-12;/h2-3,8,10,14,16,18H,4-7,9H2,1H3,(H,17,19);1H. The number of sulfonamides is 1. The first kappa shape index (κ1) is 18.2. The number of nitrogens with one attached hydrogen (secondary N) is 3. The van der Waals surface area contributed by atoms with Crippen molar-refractivity contribution < 1.29 is 13.2 Å². The lowest BCUT2D eigenvalue weighted by Crippen LogP contribution is -2.50. The number of rotatable bonds is 3.